The number of amides is 1. The number of aromatic nitrogens is 2. The summed E-state index contributed by atoms with van der Waals surface area (Å²) in [6, 6.07) is 0.785. The van der Waals surface area contributed by atoms with Crippen LogP contribution >= 0.6 is 0 Å². The van der Waals surface area contributed by atoms with Crippen LogP contribution in [0.5, 0.6) is 0 Å². The number of carbonyl (C=O) groups excluding carboxylic acids is 1. The number of nitrogens with one attached hydrogen (secondary N) is 1. The Kier molecular flexibility index (Phi) is 5.02. The number of alkyl halides is 3. The quantitative estimate of drug-likeness (QED) is 0.857. The third-order valence-corrected chi connectivity index (χ3v) is 2.27. The van der Waals surface area contributed by atoms with Gasteiger partial charge in [0.2, 0.25) is 5.91 Å². The molecule has 0 aliphatic carbocycles. The van der Waals surface area contributed by atoms with Gasteiger partial charge in [-0.15, -0.1) is 0 Å². The predicted octanol–water partition coefficient (Wildman–Crippen LogP) is 2.47. The minimum absolute atomic E-state index is 0.0764. The highest BCUT2D eigenvalue weighted by molar-refractivity contribution is 5.92. The molecule has 0 aliphatic rings. The van der Waals surface area contributed by atoms with Crippen LogP contribution < -0.4 is 5.32 Å². The molecule has 0 atom stereocenters. The summed E-state index contributed by atoms with van der Waals surface area (Å²) < 4.78 is 37.2. The normalized spacial score (nSPS) is 12.4. The Hall–Kier alpha value is -1.92. The smallest absolute Gasteiger partial charge is 0.345 e. The van der Waals surface area contributed by atoms with E-state index in [0.29, 0.717) is 12.0 Å². The largest absolute Gasteiger partial charge is 0.433 e. The van der Waals surface area contributed by atoms with E-state index in [1.165, 1.54) is 0 Å². The maximum absolute atomic E-state index is 12.4. The molecule has 0 saturated heterocycles. The number of hydrogen-bond donors (Lipinski definition) is 1. The molecule has 0 aromatic carbocycles. The van der Waals surface area contributed by atoms with Crippen molar-refractivity contribution < 1.29 is 18.0 Å². The average Bonchev–Trinajstić information content (AvgIpc) is 2.35. The van der Waals surface area contributed by atoms with E-state index in [-0.39, 0.29) is 18.3 Å². The summed E-state index contributed by atoms with van der Waals surface area (Å²) in [6.45, 7) is 3.37. The third kappa shape index (κ3) is 4.69. The third-order valence-electron chi connectivity index (χ3n) is 2.27. The first kappa shape index (κ1) is 15.1. The van der Waals surface area contributed by atoms with E-state index < -0.39 is 11.9 Å². The molecule has 4 nitrogen and oxygen atoms in total. The second-order valence-electron chi connectivity index (χ2n) is 3.83. The summed E-state index contributed by atoms with van der Waals surface area (Å²) in [5, 5.41) is 2.46. The van der Waals surface area contributed by atoms with E-state index in [9.17, 15) is 18.0 Å². The second-order valence-corrected chi connectivity index (χ2v) is 3.83. The predicted molar refractivity (Wildman–Crippen MR) is 62.9 cm³/mol. The van der Waals surface area contributed by atoms with Crippen molar-refractivity contribution in [3.8, 4) is 0 Å². The van der Waals surface area contributed by atoms with E-state index in [1.54, 1.807) is 13.0 Å². The summed E-state index contributed by atoms with van der Waals surface area (Å²) in [4.78, 5) is 18.6. The Bertz CT molecular complexity index is 483. The molecule has 0 spiro atoms. The van der Waals surface area contributed by atoms with E-state index in [4.69, 9.17) is 0 Å². The van der Waals surface area contributed by atoms with Crippen molar-refractivity contribution in [2.24, 2.45) is 0 Å². The Morgan fingerprint density at radius 2 is 2.16 bits per heavy atom. The molecular weight excluding hydrogens is 259 g/mol. The average molecular weight is 273 g/mol. The van der Waals surface area contributed by atoms with Crippen LogP contribution in [0, 0.1) is 0 Å². The molecule has 19 heavy (non-hydrogen) atoms. The van der Waals surface area contributed by atoms with Gasteiger partial charge in [-0.25, -0.2) is 9.97 Å². The first-order chi connectivity index (χ1) is 8.84. The standard InChI is InChI=1S/C12H14F3N3O/c1-3-4-8(2)11(19)17-7-10-16-6-5-9(18-10)12(13,14)15/h4-6H,3,7H2,1-2H3,(H,17,19)/b8-4+. The van der Waals surface area contributed by atoms with Crippen LogP contribution in [0.1, 0.15) is 31.8 Å². The van der Waals surface area contributed by atoms with Crippen LogP contribution in [0.3, 0.4) is 0 Å². The summed E-state index contributed by atoms with van der Waals surface area (Å²) in [6.07, 6.45) is -1.06. The molecular formula is C12H14F3N3O. The molecule has 104 valence electrons. The molecule has 0 radical (unpaired) electrons. The fraction of sp³-hybridized carbons (Fsp3) is 0.417. The molecule has 0 saturated carbocycles. The van der Waals surface area contributed by atoms with Gasteiger partial charge in [0.25, 0.3) is 0 Å². The van der Waals surface area contributed by atoms with Crippen LogP contribution in [-0.2, 0) is 17.5 Å². The van der Waals surface area contributed by atoms with Gasteiger partial charge in [-0.1, -0.05) is 13.0 Å². The van der Waals surface area contributed by atoms with Gasteiger partial charge in [0, 0.05) is 11.8 Å². The summed E-state index contributed by atoms with van der Waals surface area (Å²) in [7, 11) is 0. The van der Waals surface area contributed by atoms with Gasteiger partial charge in [0.1, 0.15) is 11.5 Å². The Morgan fingerprint density at radius 3 is 2.74 bits per heavy atom. The van der Waals surface area contributed by atoms with E-state index in [1.807, 2.05) is 6.92 Å². The number of rotatable bonds is 4. The molecule has 0 aliphatic heterocycles. The number of halogens is 3. The van der Waals surface area contributed by atoms with E-state index >= 15 is 0 Å². The maximum atomic E-state index is 12.4. The number of allylic oxidation sites excluding steroid dienone is 1. The highest BCUT2D eigenvalue weighted by Crippen LogP contribution is 2.26. The number of nitrogens with zero attached hydrogens (tertiary/aromatic N) is 2. The Balaban J connectivity index is 2.69. The van der Waals surface area contributed by atoms with Crippen LogP contribution in [0.4, 0.5) is 13.2 Å². The minimum atomic E-state index is -4.51. The van der Waals surface area contributed by atoms with E-state index in [2.05, 4.69) is 15.3 Å². The fourth-order valence-electron chi connectivity index (χ4n) is 1.34. The SMILES string of the molecule is CC/C=C(\C)C(=O)NCc1nccc(C(F)(F)F)n1. The van der Waals surface area contributed by atoms with Crippen LogP contribution in [-0.4, -0.2) is 15.9 Å². The Labute approximate surface area is 108 Å². The molecule has 0 bridgehead atoms. The van der Waals surface area contributed by atoms with Crippen molar-refractivity contribution in [3.05, 3.63) is 35.4 Å². The Morgan fingerprint density at radius 1 is 1.47 bits per heavy atom. The molecule has 1 N–H and O–H groups in total. The lowest BCUT2D eigenvalue weighted by Crippen LogP contribution is -2.25. The fourth-order valence-corrected chi connectivity index (χ4v) is 1.34. The molecule has 1 aromatic heterocycles. The van der Waals surface area contributed by atoms with Crippen molar-refractivity contribution >= 4 is 5.91 Å². The molecule has 7 heteroatoms. The van der Waals surface area contributed by atoms with Crippen LogP contribution in [0.25, 0.3) is 0 Å². The molecule has 1 rings (SSSR count). The highest BCUT2D eigenvalue weighted by atomic mass is 19.4. The van der Waals surface area contributed by atoms with Crippen molar-refractivity contribution in [3.63, 3.8) is 0 Å². The van der Waals surface area contributed by atoms with Crippen molar-refractivity contribution in [2.45, 2.75) is 33.0 Å². The zero-order chi connectivity index (χ0) is 14.5. The lowest BCUT2D eigenvalue weighted by Gasteiger charge is -2.08. The molecule has 1 heterocycles. The molecule has 0 fully saturated rings. The summed E-state index contributed by atoms with van der Waals surface area (Å²) >= 11 is 0. The lowest BCUT2D eigenvalue weighted by molar-refractivity contribution is -0.141. The minimum Gasteiger partial charge on any atom is -0.345 e. The van der Waals surface area contributed by atoms with Gasteiger partial charge >= 0.3 is 6.18 Å². The van der Waals surface area contributed by atoms with E-state index in [0.717, 1.165) is 12.3 Å². The van der Waals surface area contributed by atoms with Gasteiger partial charge < -0.3 is 5.32 Å². The second kappa shape index (κ2) is 6.31. The topological polar surface area (TPSA) is 54.9 Å². The maximum Gasteiger partial charge on any atom is 0.433 e. The summed E-state index contributed by atoms with van der Waals surface area (Å²) in [5.41, 5.74) is -0.512. The van der Waals surface area contributed by atoms with Crippen molar-refractivity contribution in [1.82, 2.24) is 15.3 Å². The van der Waals surface area contributed by atoms with Gasteiger partial charge in [-0.3, -0.25) is 4.79 Å². The van der Waals surface area contributed by atoms with Gasteiger partial charge in [0.05, 0.1) is 6.54 Å². The van der Waals surface area contributed by atoms with Gasteiger partial charge in [-0.05, 0) is 19.4 Å². The van der Waals surface area contributed by atoms with Crippen LogP contribution in [0.15, 0.2) is 23.9 Å². The molecule has 1 aromatic rings. The van der Waals surface area contributed by atoms with Crippen molar-refractivity contribution in [2.75, 3.05) is 0 Å². The monoisotopic (exact) mass is 273 g/mol. The molecule has 1 amide bonds. The molecule has 0 unspecified atom stereocenters. The highest BCUT2D eigenvalue weighted by Gasteiger charge is 2.32. The number of carbonyl (C=O) groups is 1. The zero-order valence-corrected chi connectivity index (χ0v) is 10.6. The van der Waals surface area contributed by atoms with Crippen molar-refractivity contribution in [1.29, 1.82) is 0 Å². The van der Waals surface area contributed by atoms with Gasteiger partial charge in [0.15, 0.2) is 0 Å². The van der Waals surface area contributed by atoms with Crippen LogP contribution in [0.2, 0.25) is 0 Å². The first-order valence-electron chi connectivity index (χ1n) is 5.68. The lowest BCUT2D eigenvalue weighted by atomic mass is 10.2. The first-order valence-corrected chi connectivity index (χ1v) is 5.68. The zero-order valence-electron chi connectivity index (χ0n) is 10.6. The summed E-state index contributed by atoms with van der Waals surface area (Å²) in [5.74, 6) is -0.421. The van der Waals surface area contributed by atoms with Gasteiger partial charge in [-0.2, -0.15) is 13.2 Å². The number of hydrogen-bond acceptors (Lipinski definition) is 3.